The van der Waals surface area contributed by atoms with Crippen molar-refractivity contribution in [3.8, 4) is 0 Å². The van der Waals surface area contributed by atoms with E-state index in [2.05, 4.69) is 169 Å². The van der Waals surface area contributed by atoms with Gasteiger partial charge in [0.15, 0.2) is 0 Å². The van der Waals surface area contributed by atoms with Crippen molar-refractivity contribution >= 4 is 104 Å². The molecule has 10 aromatic carbocycles. The summed E-state index contributed by atoms with van der Waals surface area (Å²) in [4.78, 5) is 2.41. The summed E-state index contributed by atoms with van der Waals surface area (Å²) in [5.74, 6) is 0. The van der Waals surface area contributed by atoms with Crippen LogP contribution in [0, 0.1) is 0 Å². The molecule has 232 valence electrons. The number of hydrogen-bond donors (Lipinski definition) is 0. The Morgan fingerprint density at radius 3 is 0.980 bits per heavy atom. The van der Waals surface area contributed by atoms with Crippen LogP contribution < -0.4 is 4.90 Å². The summed E-state index contributed by atoms with van der Waals surface area (Å²) < 4.78 is 6.27. The number of furan rings is 1. The second-order valence-corrected chi connectivity index (χ2v) is 13.3. The summed E-state index contributed by atoms with van der Waals surface area (Å²) >= 11 is 0. The van der Waals surface area contributed by atoms with Gasteiger partial charge in [0.2, 0.25) is 0 Å². The Kier molecular flexibility index (Phi) is 5.70. The van der Waals surface area contributed by atoms with E-state index in [-0.39, 0.29) is 0 Å². The minimum Gasteiger partial charge on any atom is -0.456 e. The van der Waals surface area contributed by atoms with Crippen LogP contribution in [0.2, 0.25) is 0 Å². The molecular formula is C48H29NO. The van der Waals surface area contributed by atoms with E-state index in [1.807, 2.05) is 12.1 Å². The molecule has 11 rings (SSSR count). The first-order chi connectivity index (χ1) is 24.8. The van der Waals surface area contributed by atoms with Gasteiger partial charge in [-0.15, -0.1) is 0 Å². The van der Waals surface area contributed by atoms with Crippen LogP contribution in [0.15, 0.2) is 180 Å². The molecule has 1 heterocycles. The van der Waals surface area contributed by atoms with Gasteiger partial charge in [-0.1, -0.05) is 127 Å². The molecule has 2 nitrogen and oxygen atoms in total. The third-order valence-electron chi connectivity index (χ3n) is 10.6. The van der Waals surface area contributed by atoms with E-state index >= 15 is 0 Å². The highest BCUT2D eigenvalue weighted by molar-refractivity contribution is 6.27. The minimum atomic E-state index is 0.891. The molecule has 0 atom stereocenters. The number of benzene rings is 10. The molecule has 1 aromatic heterocycles. The van der Waals surface area contributed by atoms with Gasteiger partial charge >= 0.3 is 0 Å². The van der Waals surface area contributed by atoms with Gasteiger partial charge in [-0.25, -0.2) is 0 Å². The number of anilines is 3. The smallest absolute Gasteiger partial charge is 0.135 e. The summed E-state index contributed by atoms with van der Waals surface area (Å²) in [5.41, 5.74) is 5.09. The average molecular weight is 636 g/mol. The van der Waals surface area contributed by atoms with E-state index in [0.29, 0.717) is 0 Å². The molecular weight excluding hydrogens is 607 g/mol. The lowest BCUT2D eigenvalue weighted by atomic mass is 9.93. The maximum Gasteiger partial charge on any atom is 0.135 e. The van der Waals surface area contributed by atoms with Gasteiger partial charge in [-0.2, -0.15) is 0 Å². The molecule has 0 aliphatic rings. The molecule has 0 bridgehead atoms. The lowest BCUT2D eigenvalue weighted by molar-refractivity contribution is 0.669. The highest BCUT2D eigenvalue weighted by atomic mass is 16.3. The zero-order valence-corrected chi connectivity index (χ0v) is 27.1. The molecule has 0 N–H and O–H groups in total. The Labute approximate surface area is 288 Å². The first-order valence-corrected chi connectivity index (χ1v) is 17.2. The molecule has 0 unspecified atom stereocenters. The fourth-order valence-corrected chi connectivity index (χ4v) is 8.37. The number of fused-ring (bicyclic) bond motifs is 15. The maximum absolute atomic E-state index is 6.27. The topological polar surface area (TPSA) is 16.4 Å². The predicted molar refractivity (Wildman–Crippen MR) is 213 cm³/mol. The Morgan fingerprint density at radius 2 is 0.540 bits per heavy atom. The molecule has 2 heteroatoms. The Bertz CT molecular complexity index is 2940. The monoisotopic (exact) mass is 635 g/mol. The zero-order chi connectivity index (χ0) is 32.8. The fourth-order valence-electron chi connectivity index (χ4n) is 8.37. The van der Waals surface area contributed by atoms with E-state index < -0.39 is 0 Å². The Morgan fingerprint density at radius 1 is 0.240 bits per heavy atom. The maximum atomic E-state index is 6.27. The molecule has 0 radical (unpaired) electrons. The van der Waals surface area contributed by atoms with Gasteiger partial charge in [0, 0.05) is 27.8 Å². The van der Waals surface area contributed by atoms with Crippen LogP contribution in [0.25, 0.3) is 86.6 Å². The first-order valence-electron chi connectivity index (χ1n) is 17.2. The summed E-state index contributed by atoms with van der Waals surface area (Å²) in [5, 5.41) is 17.4. The van der Waals surface area contributed by atoms with Gasteiger partial charge in [-0.3, -0.25) is 0 Å². The van der Waals surface area contributed by atoms with Crippen molar-refractivity contribution in [2.24, 2.45) is 0 Å². The highest BCUT2D eigenvalue weighted by Crippen LogP contribution is 2.44. The molecule has 0 aliphatic carbocycles. The number of para-hydroxylation sites is 1. The highest BCUT2D eigenvalue weighted by Gasteiger charge is 2.19. The normalized spacial score (nSPS) is 12.0. The van der Waals surface area contributed by atoms with Crippen LogP contribution in [0.4, 0.5) is 17.1 Å². The molecule has 0 amide bonds. The van der Waals surface area contributed by atoms with Crippen molar-refractivity contribution in [3.05, 3.63) is 176 Å². The molecule has 0 saturated carbocycles. The molecule has 11 aromatic rings. The van der Waals surface area contributed by atoms with Crippen LogP contribution >= 0.6 is 0 Å². The van der Waals surface area contributed by atoms with Gasteiger partial charge in [0.25, 0.3) is 0 Å². The fraction of sp³-hybridized carbons (Fsp3) is 0. The number of rotatable bonds is 3. The van der Waals surface area contributed by atoms with E-state index in [1.54, 1.807) is 0 Å². The third-order valence-corrected chi connectivity index (χ3v) is 10.6. The SMILES string of the molecule is c1ccc2c(c1)oc1ccc(N(c3ccc4c5ccccc5c5ccccc5c4c3)c3ccc4c5ccccc5c5ccccc5c4c3)cc12. The lowest BCUT2D eigenvalue weighted by Crippen LogP contribution is -2.10. The summed E-state index contributed by atoms with van der Waals surface area (Å²) in [6, 6.07) is 64.0. The van der Waals surface area contributed by atoms with E-state index in [0.717, 1.165) is 39.0 Å². The average Bonchev–Trinajstić information content (AvgIpc) is 3.56. The molecule has 0 saturated heterocycles. The van der Waals surface area contributed by atoms with Crippen molar-refractivity contribution in [1.82, 2.24) is 0 Å². The van der Waals surface area contributed by atoms with Crippen molar-refractivity contribution in [1.29, 1.82) is 0 Å². The zero-order valence-electron chi connectivity index (χ0n) is 27.1. The largest absolute Gasteiger partial charge is 0.456 e. The predicted octanol–water partition coefficient (Wildman–Crippen LogP) is 14.0. The summed E-state index contributed by atoms with van der Waals surface area (Å²) in [6.45, 7) is 0. The van der Waals surface area contributed by atoms with Crippen LogP contribution in [0.5, 0.6) is 0 Å². The Hall–Kier alpha value is -6.64. The molecule has 0 aliphatic heterocycles. The van der Waals surface area contributed by atoms with Crippen LogP contribution in [-0.2, 0) is 0 Å². The second-order valence-electron chi connectivity index (χ2n) is 13.3. The number of nitrogens with zero attached hydrogens (tertiary/aromatic N) is 1. The molecule has 50 heavy (non-hydrogen) atoms. The summed E-state index contributed by atoms with van der Waals surface area (Å²) in [6.07, 6.45) is 0. The second kappa shape index (κ2) is 10.4. The number of hydrogen-bond acceptors (Lipinski definition) is 2. The van der Waals surface area contributed by atoms with Crippen molar-refractivity contribution in [2.45, 2.75) is 0 Å². The summed E-state index contributed by atoms with van der Waals surface area (Å²) in [7, 11) is 0. The van der Waals surface area contributed by atoms with Gasteiger partial charge in [0.1, 0.15) is 11.2 Å². The van der Waals surface area contributed by atoms with Crippen molar-refractivity contribution in [3.63, 3.8) is 0 Å². The quantitative estimate of drug-likeness (QED) is 0.180. The Balaban J connectivity index is 1.23. The van der Waals surface area contributed by atoms with Crippen LogP contribution in [0.3, 0.4) is 0 Å². The van der Waals surface area contributed by atoms with E-state index in [1.165, 1.54) is 64.6 Å². The molecule has 0 fully saturated rings. The third kappa shape index (κ3) is 3.90. The standard InChI is InChI=1S/C48H29NO/c1-3-15-37-33(11-1)35-13-5-7-17-39(35)44-27-30(21-24-41(37)44)49(32-23-26-48-46(29-32)43-19-9-10-20-47(43)50-48)31-22-25-42-38-16-4-2-12-34(38)36-14-6-8-18-40(36)45(42)28-31/h1-29H. The van der Waals surface area contributed by atoms with Crippen LogP contribution in [-0.4, -0.2) is 0 Å². The molecule has 0 spiro atoms. The van der Waals surface area contributed by atoms with Gasteiger partial charge < -0.3 is 9.32 Å². The van der Waals surface area contributed by atoms with E-state index in [4.69, 9.17) is 4.42 Å². The van der Waals surface area contributed by atoms with Crippen molar-refractivity contribution < 1.29 is 4.42 Å². The van der Waals surface area contributed by atoms with Crippen LogP contribution in [0.1, 0.15) is 0 Å². The lowest BCUT2D eigenvalue weighted by Gasteiger charge is -2.27. The first kappa shape index (κ1) is 27.3. The van der Waals surface area contributed by atoms with E-state index in [9.17, 15) is 0 Å². The van der Waals surface area contributed by atoms with Gasteiger partial charge in [0.05, 0.1) is 0 Å². The van der Waals surface area contributed by atoms with Crippen molar-refractivity contribution in [2.75, 3.05) is 4.90 Å². The van der Waals surface area contributed by atoms with Gasteiger partial charge in [-0.05, 0) is 113 Å². The minimum absolute atomic E-state index is 0.891.